The topological polar surface area (TPSA) is 119 Å². The Kier molecular flexibility index (Phi) is 8.72. The van der Waals surface area contributed by atoms with E-state index in [4.69, 9.17) is 9.31 Å². The normalized spacial score (nSPS) is 25.7. The largest absolute Gasteiger partial charge is 0.481 e. The van der Waals surface area contributed by atoms with E-state index in [1.807, 2.05) is 49.4 Å². The van der Waals surface area contributed by atoms with Crippen molar-refractivity contribution in [1.82, 2.24) is 20.9 Å². The highest BCUT2D eigenvalue weighted by molar-refractivity contribution is 6.48. The lowest BCUT2D eigenvalue weighted by Gasteiger charge is -2.64. The maximum absolute atomic E-state index is 14.1. The Morgan fingerprint density at radius 2 is 1.72 bits per heavy atom. The summed E-state index contributed by atoms with van der Waals surface area (Å²) >= 11 is 0. The maximum atomic E-state index is 14.1. The van der Waals surface area contributed by atoms with Gasteiger partial charge in [0.15, 0.2) is 0 Å². The summed E-state index contributed by atoms with van der Waals surface area (Å²) in [6.07, 6.45) is 4.25. The molecule has 1 saturated heterocycles. The van der Waals surface area contributed by atoms with Crippen LogP contribution < -0.4 is 16.0 Å². The Morgan fingerprint density at radius 1 is 0.978 bits per heavy atom. The Morgan fingerprint density at radius 3 is 2.43 bits per heavy atom. The molecule has 3 aliphatic carbocycles. The number of aryl methyl sites for hydroxylation is 1. The van der Waals surface area contributed by atoms with Crippen LogP contribution in [0.2, 0.25) is 0 Å². The van der Waals surface area contributed by atoms with Crippen molar-refractivity contribution in [2.45, 2.75) is 84.5 Å². The second-order valence-corrected chi connectivity index (χ2v) is 14.6. The van der Waals surface area contributed by atoms with E-state index in [-0.39, 0.29) is 35.6 Å². The molecule has 46 heavy (non-hydrogen) atoms. The Hall–Kier alpha value is -3.76. The lowest BCUT2D eigenvalue weighted by molar-refractivity contribution is -0.199. The smallest absolute Gasteiger partial charge is 0.404 e. The van der Waals surface area contributed by atoms with Crippen LogP contribution in [0.15, 0.2) is 60.8 Å². The average Bonchev–Trinajstić information content (AvgIpc) is 3.39. The SMILES string of the molecule is Cc1ccc(C(=O)NC[C@H](NC(=O)c2nccc3ccccc23)C(=O)N[C@@H](CC(C)C)B2O[C@@H]3C[C@H]4C[C@@H](C4(C)C)[C@]3(C)O2)cc1. The molecule has 1 aliphatic heterocycles. The highest BCUT2D eigenvalue weighted by Crippen LogP contribution is 2.65. The first-order chi connectivity index (χ1) is 21.9. The van der Waals surface area contributed by atoms with Gasteiger partial charge < -0.3 is 25.3 Å². The van der Waals surface area contributed by atoms with Crippen LogP contribution >= 0.6 is 0 Å². The number of fused-ring (bicyclic) bond motifs is 1. The maximum Gasteiger partial charge on any atom is 0.481 e. The molecular weight excluding hydrogens is 579 g/mol. The van der Waals surface area contributed by atoms with E-state index in [0.29, 0.717) is 29.2 Å². The first kappa shape index (κ1) is 32.2. The number of hydrogen-bond acceptors (Lipinski definition) is 6. The molecule has 4 fully saturated rings. The molecule has 9 nitrogen and oxygen atoms in total. The molecule has 6 atom stereocenters. The number of hydrogen-bond donors (Lipinski definition) is 3. The number of nitrogens with one attached hydrogen (secondary N) is 3. The van der Waals surface area contributed by atoms with Gasteiger partial charge in [0, 0.05) is 23.7 Å². The fourth-order valence-electron chi connectivity index (χ4n) is 7.84. The molecule has 3 N–H and O–H groups in total. The Labute approximate surface area is 271 Å². The van der Waals surface area contributed by atoms with Crippen molar-refractivity contribution in [2.75, 3.05) is 6.54 Å². The van der Waals surface area contributed by atoms with Crippen molar-refractivity contribution in [2.24, 2.45) is 23.2 Å². The number of pyridine rings is 1. The lowest BCUT2D eigenvalue weighted by atomic mass is 9.43. The van der Waals surface area contributed by atoms with Crippen LogP contribution in [0.25, 0.3) is 10.8 Å². The van der Waals surface area contributed by atoms with E-state index in [2.05, 4.69) is 55.6 Å². The van der Waals surface area contributed by atoms with Crippen LogP contribution in [-0.2, 0) is 14.1 Å². The summed E-state index contributed by atoms with van der Waals surface area (Å²) in [5, 5.41) is 10.4. The second kappa shape index (κ2) is 12.5. The highest BCUT2D eigenvalue weighted by atomic mass is 16.7. The van der Waals surface area contributed by atoms with Crippen LogP contribution in [0, 0.1) is 30.1 Å². The van der Waals surface area contributed by atoms with Crippen LogP contribution in [0.1, 0.15) is 80.3 Å². The summed E-state index contributed by atoms with van der Waals surface area (Å²) in [6, 6.07) is 15.4. The molecule has 0 radical (unpaired) electrons. The Balaban J connectivity index is 1.22. The predicted molar refractivity (Wildman–Crippen MR) is 178 cm³/mol. The first-order valence-electron chi connectivity index (χ1n) is 16.5. The van der Waals surface area contributed by atoms with Crippen molar-refractivity contribution < 1.29 is 23.7 Å². The number of benzene rings is 2. The van der Waals surface area contributed by atoms with E-state index >= 15 is 0 Å². The minimum absolute atomic E-state index is 0.0254. The van der Waals surface area contributed by atoms with Gasteiger partial charge in [-0.2, -0.15) is 0 Å². The molecule has 7 rings (SSSR count). The van der Waals surface area contributed by atoms with Crippen LogP contribution in [0.5, 0.6) is 0 Å². The number of carbonyl (C=O) groups excluding carboxylic acids is 3. The number of aromatic nitrogens is 1. The molecule has 3 aromatic rings. The number of nitrogens with zero attached hydrogens (tertiary/aromatic N) is 1. The number of rotatable bonds is 10. The predicted octanol–water partition coefficient (Wildman–Crippen LogP) is 4.87. The zero-order valence-corrected chi connectivity index (χ0v) is 27.6. The van der Waals surface area contributed by atoms with Gasteiger partial charge in [0.1, 0.15) is 11.7 Å². The van der Waals surface area contributed by atoms with Crippen molar-refractivity contribution in [3.05, 3.63) is 77.6 Å². The van der Waals surface area contributed by atoms with Crippen LogP contribution in [0.3, 0.4) is 0 Å². The van der Waals surface area contributed by atoms with Gasteiger partial charge in [-0.25, -0.2) is 0 Å². The molecule has 2 aromatic carbocycles. The van der Waals surface area contributed by atoms with Gasteiger partial charge in [-0.1, -0.05) is 69.7 Å². The summed E-state index contributed by atoms with van der Waals surface area (Å²) in [6.45, 7) is 12.8. The van der Waals surface area contributed by atoms with E-state index in [9.17, 15) is 14.4 Å². The first-order valence-corrected chi connectivity index (χ1v) is 16.5. The monoisotopic (exact) mass is 624 g/mol. The Bertz CT molecular complexity index is 1620. The highest BCUT2D eigenvalue weighted by Gasteiger charge is 2.68. The fourth-order valence-corrected chi connectivity index (χ4v) is 7.84. The van der Waals surface area contributed by atoms with Crippen LogP contribution in [-0.4, -0.2) is 60.1 Å². The van der Waals surface area contributed by atoms with Gasteiger partial charge in [-0.05, 0) is 79.9 Å². The van der Waals surface area contributed by atoms with Crippen molar-refractivity contribution in [3.63, 3.8) is 0 Å². The fraction of sp³-hybridized carbons (Fsp3) is 0.500. The van der Waals surface area contributed by atoms with Gasteiger partial charge in [0.2, 0.25) is 5.91 Å². The minimum atomic E-state index is -1.08. The summed E-state index contributed by atoms with van der Waals surface area (Å²) in [7, 11) is -0.616. The zero-order chi connectivity index (χ0) is 32.8. The van der Waals surface area contributed by atoms with Gasteiger partial charge >= 0.3 is 7.12 Å². The van der Waals surface area contributed by atoms with E-state index in [0.717, 1.165) is 23.8 Å². The average molecular weight is 625 g/mol. The molecule has 0 spiro atoms. The van der Waals surface area contributed by atoms with Crippen molar-refractivity contribution in [3.8, 4) is 0 Å². The summed E-state index contributed by atoms with van der Waals surface area (Å²) in [5.74, 6) is -0.478. The van der Waals surface area contributed by atoms with E-state index < -0.39 is 36.5 Å². The quantitative estimate of drug-likeness (QED) is 0.277. The van der Waals surface area contributed by atoms with Gasteiger partial charge in [0.25, 0.3) is 11.8 Å². The standard InChI is InChI=1S/C36H45BN4O5/c1-21(2)17-30(37-45-29-19-25-18-28(35(25,4)5)36(29,6)46-37)41-33(43)27(20-39-32(42)24-13-11-22(3)12-14-24)40-34(44)31-26-10-8-7-9-23(26)15-16-38-31/h7-16,21,25,27-30H,17-20H2,1-6H3,(H,39,42)(H,40,44)(H,41,43)/t25-,27+,28+,29-,30+,36+/m1/s1. The van der Waals surface area contributed by atoms with Gasteiger partial charge in [-0.3, -0.25) is 19.4 Å². The lowest BCUT2D eigenvalue weighted by Crippen LogP contribution is -2.65. The molecule has 3 amide bonds. The molecule has 3 saturated carbocycles. The summed E-state index contributed by atoms with van der Waals surface area (Å²) in [5.41, 5.74) is 1.49. The van der Waals surface area contributed by atoms with Crippen molar-refractivity contribution >= 4 is 35.6 Å². The van der Waals surface area contributed by atoms with Gasteiger partial charge in [-0.15, -0.1) is 0 Å². The van der Waals surface area contributed by atoms with E-state index in [1.54, 1.807) is 18.3 Å². The van der Waals surface area contributed by atoms with E-state index in [1.165, 1.54) is 0 Å². The molecule has 242 valence electrons. The molecule has 1 aromatic heterocycles. The molecule has 2 bridgehead atoms. The van der Waals surface area contributed by atoms with Gasteiger partial charge in [0.05, 0.1) is 17.6 Å². The van der Waals surface area contributed by atoms with Crippen molar-refractivity contribution in [1.29, 1.82) is 0 Å². The second-order valence-electron chi connectivity index (χ2n) is 14.6. The third-order valence-corrected chi connectivity index (χ3v) is 10.6. The molecule has 4 aliphatic rings. The summed E-state index contributed by atoms with van der Waals surface area (Å²) in [4.78, 5) is 45.1. The molecule has 10 heteroatoms. The van der Waals surface area contributed by atoms with Crippen LogP contribution in [0.4, 0.5) is 0 Å². The molecule has 0 unspecified atom stereocenters. The third-order valence-electron chi connectivity index (χ3n) is 10.6. The zero-order valence-electron chi connectivity index (χ0n) is 27.6. The summed E-state index contributed by atoms with van der Waals surface area (Å²) < 4.78 is 13.3. The number of carbonyl (C=O) groups is 3. The molecular formula is C36H45BN4O5. The third kappa shape index (κ3) is 6.05. The number of amides is 3. The molecule has 2 heterocycles. The minimum Gasteiger partial charge on any atom is -0.404 e.